The molecule has 1 heterocycles. The van der Waals surface area contributed by atoms with Crippen molar-refractivity contribution in [2.45, 2.75) is 6.92 Å². The number of rotatable bonds is 0. The molecule has 0 bridgehead atoms. The lowest BCUT2D eigenvalue weighted by Crippen LogP contribution is -2.30. The first kappa shape index (κ1) is 9.46. The van der Waals surface area contributed by atoms with Gasteiger partial charge in [0.2, 0.25) is 5.91 Å². The van der Waals surface area contributed by atoms with E-state index in [1.807, 2.05) is 30.4 Å². The van der Waals surface area contributed by atoms with Gasteiger partial charge in [-0.1, -0.05) is 28.1 Å². The number of hydrogen-bond donors (Lipinski definition) is 0. The van der Waals surface area contributed by atoms with Crippen molar-refractivity contribution in [1.82, 2.24) is 0 Å². The molecule has 1 aliphatic rings. The van der Waals surface area contributed by atoms with E-state index >= 15 is 0 Å². The number of fused-ring (bicyclic) bond motifs is 1. The molecule has 0 aromatic heterocycles. The van der Waals surface area contributed by atoms with E-state index in [-0.39, 0.29) is 5.91 Å². The van der Waals surface area contributed by atoms with Crippen molar-refractivity contribution in [1.29, 1.82) is 0 Å². The maximum Gasteiger partial charge on any atom is 0.224 e. The molecule has 0 aliphatic carbocycles. The summed E-state index contributed by atoms with van der Waals surface area (Å²) in [6, 6.07) is 5.93. The van der Waals surface area contributed by atoms with Gasteiger partial charge in [0, 0.05) is 17.9 Å². The van der Waals surface area contributed by atoms with Crippen LogP contribution in [0.25, 0.3) is 6.08 Å². The van der Waals surface area contributed by atoms with Crippen LogP contribution in [0.15, 0.2) is 28.7 Å². The van der Waals surface area contributed by atoms with Crippen LogP contribution in [0.1, 0.15) is 12.5 Å². The molecule has 0 unspecified atom stereocenters. The largest absolute Gasteiger partial charge is 0.308 e. The molecule has 0 N–H and O–H groups in total. The highest BCUT2D eigenvalue weighted by Crippen LogP contribution is 2.28. The van der Waals surface area contributed by atoms with Crippen molar-refractivity contribution in [3.05, 3.63) is 34.3 Å². The Bertz CT molecular complexity index is 412. The fourth-order valence-electron chi connectivity index (χ4n) is 1.59. The predicted octanol–water partition coefficient (Wildman–Crippen LogP) is 2.83. The van der Waals surface area contributed by atoms with E-state index in [0.717, 1.165) is 15.7 Å². The molecule has 1 aromatic rings. The zero-order chi connectivity index (χ0) is 10.1. The minimum Gasteiger partial charge on any atom is -0.308 e. The first-order valence-electron chi connectivity index (χ1n) is 4.42. The van der Waals surface area contributed by atoms with Gasteiger partial charge < -0.3 is 4.90 Å². The lowest BCUT2D eigenvalue weighted by atomic mass is 10.1. The Labute approximate surface area is 91.3 Å². The van der Waals surface area contributed by atoms with Crippen molar-refractivity contribution in [2.24, 2.45) is 0 Å². The number of anilines is 1. The Morgan fingerprint density at radius 1 is 1.50 bits per heavy atom. The Hall–Kier alpha value is -1.09. The Kier molecular flexibility index (Phi) is 2.42. The molecule has 2 rings (SSSR count). The minimum atomic E-state index is 0.0814. The molecule has 72 valence electrons. The number of carbonyl (C=O) groups is 1. The van der Waals surface area contributed by atoms with Crippen LogP contribution < -0.4 is 4.90 Å². The maximum absolute atomic E-state index is 11.3. The monoisotopic (exact) mass is 251 g/mol. The van der Waals surface area contributed by atoms with E-state index in [1.165, 1.54) is 0 Å². The van der Waals surface area contributed by atoms with Crippen molar-refractivity contribution in [3.8, 4) is 0 Å². The predicted molar refractivity (Wildman–Crippen MR) is 61.2 cm³/mol. The summed E-state index contributed by atoms with van der Waals surface area (Å²) in [4.78, 5) is 13.1. The quantitative estimate of drug-likeness (QED) is 0.695. The number of carbonyl (C=O) groups excluding carboxylic acids is 1. The van der Waals surface area contributed by atoms with Gasteiger partial charge in [0.05, 0.1) is 5.69 Å². The molecule has 0 saturated heterocycles. The first-order valence-corrected chi connectivity index (χ1v) is 5.22. The van der Waals surface area contributed by atoms with Crippen molar-refractivity contribution in [2.75, 3.05) is 11.4 Å². The van der Waals surface area contributed by atoms with Gasteiger partial charge >= 0.3 is 0 Å². The van der Waals surface area contributed by atoms with Crippen molar-refractivity contribution < 1.29 is 4.79 Å². The molecule has 0 atom stereocenters. The fourth-order valence-corrected chi connectivity index (χ4v) is 1.97. The number of nitrogens with zero attached hydrogens (tertiary/aromatic N) is 1. The third-order valence-corrected chi connectivity index (χ3v) is 2.74. The molecule has 0 spiro atoms. The molecule has 2 nitrogen and oxygen atoms in total. The van der Waals surface area contributed by atoms with E-state index in [1.54, 1.807) is 11.8 Å². The van der Waals surface area contributed by atoms with Gasteiger partial charge in [-0.15, -0.1) is 0 Å². The SMILES string of the molecule is CC(=O)N1CC=Cc2cc(Br)ccc21. The van der Waals surface area contributed by atoms with Crippen molar-refractivity contribution in [3.63, 3.8) is 0 Å². The normalized spacial score (nSPS) is 14.0. The van der Waals surface area contributed by atoms with Gasteiger partial charge in [0.15, 0.2) is 0 Å². The zero-order valence-electron chi connectivity index (χ0n) is 7.83. The van der Waals surface area contributed by atoms with Gasteiger partial charge in [0.25, 0.3) is 0 Å². The molecule has 0 radical (unpaired) electrons. The molecule has 1 amide bonds. The van der Waals surface area contributed by atoms with Crippen LogP contribution in [0.2, 0.25) is 0 Å². The standard InChI is InChI=1S/C11H10BrNO/c1-8(14)13-6-2-3-9-7-10(12)4-5-11(9)13/h2-5,7H,6H2,1H3. The summed E-state index contributed by atoms with van der Waals surface area (Å²) in [5.74, 6) is 0.0814. The fraction of sp³-hybridized carbons (Fsp3) is 0.182. The van der Waals surface area contributed by atoms with Gasteiger partial charge in [-0.3, -0.25) is 4.79 Å². The van der Waals surface area contributed by atoms with Crippen LogP contribution >= 0.6 is 15.9 Å². The maximum atomic E-state index is 11.3. The smallest absolute Gasteiger partial charge is 0.224 e. The number of benzene rings is 1. The number of amides is 1. The van der Waals surface area contributed by atoms with Crippen LogP contribution in [0.5, 0.6) is 0 Å². The summed E-state index contributed by atoms with van der Waals surface area (Å²) >= 11 is 3.41. The third-order valence-electron chi connectivity index (χ3n) is 2.25. The van der Waals surface area contributed by atoms with E-state index in [0.29, 0.717) is 6.54 Å². The van der Waals surface area contributed by atoms with Crippen molar-refractivity contribution >= 4 is 33.6 Å². The Morgan fingerprint density at radius 2 is 2.29 bits per heavy atom. The lowest BCUT2D eigenvalue weighted by Gasteiger charge is -2.24. The average molecular weight is 252 g/mol. The average Bonchev–Trinajstić information content (AvgIpc) is 2.16. The molecule has 0 saturated carbocycles. The molecule has 3 heteroatoms. The molecule has 1 aromatic carbocycles. The number of halogens is 1. The molecular weight excluding hydrogens is 242 g/mol. The van der Waals surface area contributed by atoms with Gasteiger partial charge in [-0.2, -0.15) is 0 Å². The summed E-state index contributed by atoms with van der Waals surface area (Å²) in [7, 11) is 0. The molecular formula is C11H10BrNO. The topological polar surface area (TPSA) is 20.3 Å². The van der Waals surface area contributed by atoms with E-state index in [9.17, 15) is 4.79 Å². The second-order valence-corrected chi connectivity index (χ2v) is 4.15. The van der Waals surface area contributed by atoms with E-state index < -0.39 is 0 Å². The van der Waals surface area contributed by atoms with Crippen LogP contribution in [0.3, 0.4) is 0 Å². The van der Waals surface area contributed by atoms with E-state index in [2.05, 4.69) is 15.9 Å². The summed E-state index contributed by atoms with van der Waals surface area (Å²) < 4.78 is 1.03. The molecule has 1 aliphatic heterocycles. The van der Waals surface area contributed by atoms with Gasteiger partial charge in [-0.05, 0) is 23.8 Å². The third kappa shape index (κ3) is 1.60. The van der Waals surface area contributed by atoms with Gasteiger partial charge in [0.1, 0.15) is 0 Å². The van der Waals surface area contributed by atoms with Crippen LogP contribution in [0.4, 0.5) is 5.69 Å². The molecule has 0 fully saturated rings. The number of hydrogen-bond acceptors (Lipinski definition) is 1. The van der Waals surface area contributed by atoms with Gasteiger partial charge in [-0.25, -0.2) is 0 Å². The van der Waals surface area contributed by atoms with Crippen LogP contribution in [-0.2, 0) is 4.79 Å². The highest BCUT2D eigenvalue weighted by molar-refractivity contribution is 9.10. The second-order valence-electron chi connectivity index (χ2n) is 3.24. The highest BCUT2D eigenvalue weighted by atomic mass is 79.9. The lowest BCUT2D eigenvalue weighted by molar-refractivity contribution is -0.116. The summed E-state index contributed by atoms with van der Waals surface area (Å²) in [6.45, 7) is 2.26. The Morgan fingerprint density at radius 3 is 3.00 bits per heavy atom. The first-order chi connectivity index (χ1) is 6.68. The van der Waals surface area contributed by atoms with Crippen LogP contribution in [-0.4, -0.2) is 12.5 Å². The van der Waals surface area contributed by atoms with E-state index in [4.69, 9.17) is 0 Å². The minimum absolute atomic E-state index is 0.0814. The zero-order valence-corrected chi connectivity index (χ0v) is 9.41. The molecule has 14 heavy (non-hydrogen) atoms. The van der Waals surface area contributed by atoms with Crippen LogP contribution in [0, 0.1) is 0 Å². The summed E-state index contributed by atoms with van der Waals surface area (Å²) in [6.07, 6.45) is 4.04. The Balaban J connectivity index is 2.51. The highest BCUT2D eigenvalue weighted by Gasteiger charge is 2.15. The summed E-state index contributed by atoms with van der Waals surface area (Å²) in [5, 5.41) is 0. The second kappa shape index (κ2) is 3.58. The summed E-state index contributed by atoms with van der Waals surface area (Å²) in [5.41, 5.74) is 2.07.